The number of rotatable bonds is 7. The average Bonchev–Trinajstić information content (AvgIpc) is 2.65. The molecule has 2 aromatic rings. The van der Waals surface area contributed by atoms with Gasteiger partial charge in [-0.1, -0.05) is 26.2 Å². The van der Waals surface area contributed by atoms with Crippen molar-refractivity contribution in [2.45, 2.75) is 32.6 Å². The number of piperazine rings is 1. The zero-order valence-electron chi connectivity index (χ0n) is 14.9. The molecule has 0 saturated carbocycles. The van der Waals surface area contributed by atoms with Crippen LogP contribution in [0.3, 0.4) is 0 Å². The standard InChI is InChI=1S/C19H26N4O2/c1-2-3-4-5-10-21-11-13-22(14-12-21)19-9-6-16-15-17(23(24)25)7-8-18(16)20-19/h6-9,15H,2-5,10-14H2,1H3. The zero-order chi connectivity index (χ0) is 17.6. The van der Waals surface area contributed by atoms with E-state index in [-0.39, 0.29) is 10.6 Å². The van der Waals surface area contributed by atoms with E-state index in [9.17, 15) is 10.1 Å². The summed E-state index contributed by atoms with van der Waals surface area (Å²) in [5.41, 5.74) is 0.920. The highest BCUT2D eigenvalue weighted by atomic mass is 16.6. The van der Waals surface area contributed by atoms with Gasteiger partial charge in [-0.2, -0.15) is 0 Å². The minimum absolute atomic E-state index is 0.110. The van der Waals surface area contributed by atoms with E-state index in [2.05, 4.69) is 16.7 Å². The molecule has 0 unspecified atom stereocenters. The van der Waals surface area contributed by atoms with E-state index in [1.165, 1.54) is 38.3 Å². The third-order valence-corrected chi connectivity index (χ3v) is 4.89. The molecule has 0 amide bonds. The van der Waals surface area contributed by atoms with Crippen LogP contribution in [0.4, 0.5) is 11.5 Å². The summed E-state index contributed by atoms with van der Waals surface area (Å²) in [5, 5.41) is 11.7. The lowest BCUT2D eigenvalue weighted by atomic mass is 10.2. The number of non-ortho nitro benzene ring substituents is 1. The summed E-state index contributed by atoms with van der Waals surface area (Å²) in [4.78, 5) is 20.0. The first-order valence-electron chi connectivity index (χ1n) is 9.20. The maximum absolute atomic E-state index is 10.9. The number of hydrogen-bond donors (Lipinski definition) is 0. The second-order valence-corrected chi connectivity index (χ2v) is 6.69. The van der Waals surface area contributed by atoms with Gasteiger partial charge in [0.1, 0.15) is 5.82 Å². The van der Waals surface area contributed by atoms with Crippen molar-refractivity contribution in [2.75, 3.05) is 37.6 Å². The summed E-state index contributed by atoms with van der Waals surface area (Å²) in [6.45, 7) is 7.56. The molecule has 0 radical (unpaired) electrons. The van der Waals surface area contributed by atoms with Gasteiger partial charge < -0.3 is 4.90 Å². The van der Waals surface area contributed by atoms with Gasteiger partial charge in [-0.05, 0) is 31.2 Å². The fraction of sp³-hybridized carbons (Fsp3) is 0.526. The molecule has 25 heavy (non-hydrogen) atoms. The van der Waals surface area contributed by atoms with Crippen molar-refractivity contribution in [3.05, 3.63) is 40.4 Å². The molecule has 1 aromatic carbocycles. The molecular formula is C19H26N4O2. The number of anilines is 1. The number of unbranched alkanes of at least 4 members (excludes halogenated alkanes) is 3. The summed E-state index contributed by atoms with van der Waals surface area (Å²) in [6.07, 6.45) is 5.24. The molecule has 1 aliphatic heterocycles. The van der Waals surface area contributed by atoms with Crippen LogP contribution in [0.2, 0.25) is 0 Å². The first-order chi connectivity index (χ1) is 12.2. The van der Waals surface area contributed by atoms with Gasteiger partial charge >= 0.3 is 0 Å². The summed E-state index contributed by atoms with van der Waals surface area (Å²) >= 11 is 0. The Kier molecular flexibility index (Phi) is 5.81. The quantitative estimate of drug-likeness (QED) is 0.434. The molecule has 0 atom stereocenters. The molecule has 1 saturated heterocycles. The molecular weight excluding hydrogens is 316 g/mol. The van der Waals surface area contributed by atoms with Crippen LogP contribution in [0, 0.1) is 10.1 Å². The van der Waals surface area contributed by atoms with Gasteiger partial charge in [-0.3, -0.25) is 15.0 Å². The van der Waals surface area contributed by atoms with Crippen molar-refractivity contribution in [1.29, 1.82) is 0 Å². The van der Waals surface area contributed by atoms with Crippen molar-refractivity contribution in [3.63, 3.8) is 0 Å². The highest BCUT2D eigenvalue weighted by Gasteiger charge is 2.18. The first kappa shape index (κ1) is 17.6. The molecule has 6 heteroatoms. The van der Waals surface area contributed by atoms with E-state index in [0.29, 0.717) is 0 Å². The minimum atomic E-state index is -0.368. The summed E-state index contributed by atoms with van der Waals surface area (Å²) in [6, 6.07) is 8.75. The summed E-state index contributed by atoms with van der Waals surface area (Å²) in [7, 11) is 0. The molecule has 0 spiro atoms. The molecule has 1 aromatic heterocycles. The van der Waals surface area contributed by atoms with Gasteiger partial charge in [0, 0.05) is 43.7 Å². The molecule has 1 fully saturated rings. The largest absolute Gasteiger partial charge is 0.354 e. The maximum Gasteiger partial charge on any atom is 0.270 e. The van der Waals surface area contributed by atoms with E-state index >= 15 is 0 Å². The lowest BCUT2D eigenvalue weighted by Gasteiger charge is -2.35. The topological polar surface area (TPSA) is 62.5 Å². The maximum atomic E-state index is 10.9. The normalized spacial score (nSPS) is 15.6. The van der Waals surface area contributed by atoms with Crippen molar-refractivity contribution in [1.82, 2.24) is 9.88 Å². The Morgan fingerprint density at radius 2 is 1.88 bits per heavy atom. The fourth-order valence-corrected chi connectivity index (χ4v) is 3.35. The molecule has 6 nitrogen and oxygen atoms in total. The molecule has 1 aliphatic rings. The molecule has 3 rings (SSSR count). The Morgan fingerprint density at radius 1 is 1.08 bits per heavy atom. The number of benzene rings is 1. The molecule has 2 heterocycles. The van der Waals surface area contributed by atoms with Crippen LogP contribution in [-0.2, 0) is 0 Å². The number of fused-ring (bicyclic) bond motifs is 1. The summed E-state index contributed by atoms with van der Waals surface area (Å²) in [5.74, 6) is 0.965. The van der Waals surface area contributed by atoms with Crippen LogP contribution < -0.4 is 4.90 Å². The van der Waals surface area contributed by atoms with Gasteiger partial charge in [0.2, 0.25) is 0 Å². The number of nitro benzene ring substituents is 1. The van der Waals surface area contributed by atoms with Crippen LogP contribution in [0.1, 0.15) is 32.6 Å². The highest BCUT2D eigenvalue weighted by molar-refractivity contribution is 5.82. The minimum Gasteiger partial charge on any atom is -0.354 e. The van der Waals surface area contributed by atoms with Crippen LogP contribution >= 0.6 is 0 Å². The van der Waals surface area contributed by atoms with Crippen molar-refractivity contribution < 1.29 is 4.92 Å². The third kappa shape index (κ3) is 4.45. The van der Waals surface area contributed by atoms with E-state index in [1.54, 1.807) is 12.1 Å². The Labute approximate surface area is 148 Å². The number of nitro groups is 1. The molecule has 0 bridgehead atoms. The van der Waals surface area contributed by atoms with Gasteiger partial charge in [-0.15, -0.1) is 0 Å². The van der Waals surface area contributed by atoms with Crippen LogP contribution in [0.15, 0.2) is 30.3 Å². The Bertz CT molecular complexity index is 726. The van der Waals surface area contributed by atoms with Crippen molar-refractivity contribution >= 4 is 22.4 Å². The van der Waals surface area contributed by atoms with Crippen LogP contribution in [-0.4, -0.2) is 47.5 Å². The number of hydrogen-bond acceptors (Lipinski definition) is 5. The van der Waals surface area contributed by atoms with E-state index in [4.69, 9.17) is 4.98 Å². The predicted octanol–water partition coefficient (Wildman–Crippen LogP) is 3.85. The molecule has 0 N–H and O–H groups in total. The highest BCUT2D eigenvalue weighted by Crippen LogP contribution is 2.23. The number of aromatic nitrogens is 1. The predicted molar refractivity (Wildman–Crippen MR) is 101 cm³/mol. The average molecular weight is 342 g/mol. The summed E-state index contributed by atoms with van der Waals surface area (Å²) < 4.78 is 0. The van der Waals surface area contributed by atoms with Crippen LogP contribution in [0.25, 0.3) is 10.9 Å². The Balaban J connectivity index is 1.59. The second-order valence-electron chi connectivity index (χ2n) is 6.69. The first-order valence-corrected chi connectivity index (χ1v) is 9.20. The van der Waals surface area contributed by atoms with E-state index in [1.807, 2.05) is 12.1 Å². The fourth-order valence-electron chi connectivity index (χ4n) is 3.35. The van der Waals surface area contributed by atoms with Gasteiger partial charge in [0.05, 0.1) is 10.4 Å². The van der Waals surface area contributed by atoms with Crippen molar-refractivity contribution in [3.8, 4) is 0 Å². The van der Waals surface area contributed by atoms with Crippen LogP contribution in [0.5, 0.6) is 0 Å². The van der Waals surface area contributed by atoms with Gasteiger partial charge in [0.25, 0.3) is 5.69 Å². The monoisotopic (exact) mass is 342 g/mol. The molecule has 134 valence electrons. The smallest absolute Gasteiger partial charge is 0.270 e. The Morgan fingerprint density at radius 3 is 2.60 bits per heavy atom. The SMILES string of the molecule is CCCCCCN1CCN(c2ccc3cc([N+](=O)[O-])ccc3n2)CC1. The Hall–Kier alpha value is -2.21. The van der Waals surface area contributed by atoms with Gasteiger partial charge in [-0.25, -0.2) is 4.98 Å². The van der Waals surface area contributed by atoms with E-state index < -0.39 is 0 Å². The molecule has 0 aliphatic carbocycles. The van der Waals surface area contributed by atoms with Crippen molar-refractivity contribution in [2.24, 2.45) is 0 Å². The number of nitrogens with zero attached hydrogens (tertiary/aromatic N) is 4. The zero-order valence-corrected chi connectivity index (χ0v) is 14.9. The lowest BCUT2D eigenvalue weighted by Crippen LogP contribution is -2.46. The third-order valence-electron chi connectivity index (χ3n) is 4.89. The second kappa shape index (κ2) is 8.25. The van der Waals surface area contributed by atoms with E-state index in [0.717, 1.165) is 42.9 Å². The lowest BCUT2D eigenvalue weighted by molar-refractivity contribution is -0.384. The number of pyridine rings is 1. The van der Waals surface area contributed by atoms with Gasteiger partial charge in [0.15, 0.2) is 0 Å².